The van der Waals surface area contributed by atoms with Gasteiger partial charge < -0.3 is 19.5 Å². The van der Waals surface area contributed by atoms with Gasteiger partial charge in [-0.25, -0.2) is 4.79 Å². The first-order chi connectivity index (χ1) is 14.9. The number of carbonyl (C=O) groups excluding carboxylic acids is 2. The standard InChI is InChI=1S/C23H23ClN2O5/c1-4-29-21-11-16(7-9-20(21)31-14-22(27)30-5-2)10-17(13-25)23(28)26-19-12-18(24)8-6-15(19)3/h6-12H,4-5,14H2,1-3H3,(H,26,28)/b17-10+. The van der Waals surface area contributed by atoms with Crippen molar-refractivity contribution in [3.8, 4) is 17.6 Å². The SMILES string of the molecule is CCOC(=O)COc1ccc(/C=C(\C#N)C(=O)Nc2cc(Cl)ccc2C)cc1OCC. The van der Waals surface area contributed by atoms with Crippen LogP contribution in [-0.2, 0) is 14.3 Å². The Kier molecular flexibility index (Phi) is 8.92. The van der Waals surface area contributed by atoms with Crippen molar-refractivity contribution >= 4 is 35.2 Å². The van der Waals surface area contributed by atoms with Crippen molar-refractivity contribution in [2.75, 3.05) is 25.1 Å². The topological polar surface area (TPSA) is 97.7 Å². The number of rotatable bonds is 9. The molecule has 2 aromatic carbocycles. The molecule has 162 valence electrons. The number of aryl methyl sites for hydroxylation is 1. The van der Waals surface area contributed by atoms with Gasteiger partial charge in [0.1, 0.15) is 11.6 Å². The molecule has 0 aliphatic carbocycles. The molecule has 0 aliphatic heterocycles. The Morgan fingerprint density at radius 3 is 2.55 bits per heavy atom. The van der Waals surface area contributed by atoms with Gasteiger partial charge in [0.05, 0.1) is 13.2 Å². The normalized spacial score (nSPS) is 10.7. The van der Waals surface area contributed by atoms with Crippen LogP contribution in [0.1, 0.15) is 25.0 Å². The number of amides is 1. The Bertz CT molecular complexity index is 1030. The van der Waals surface area contributed by atoms with Crippen molar-refractivity contribution in [1.29, 1.82) is 5.26 Å². The Morgan fingerprint density at radius 2 is 1.87 bits per heavy atom. The third-order valence-electron chi connectivity index (χ3n) is 4.04. The van der Waals surface area contributed by atoms with Gasteiger partial charge in [-0.3, -0.25) is 4.79 Å². The molecule has 1 N–H and O–H groups in total. The predicted octanol–water partition coefficient (Wildman–Crippen LogP) is 4.53. The maximum Gasteiger partial charge on any atom is 0.344 e. The third kappa shape index (κ3) is 7.05. The molecule has 0 unspecified atom stereocenters. The minimum absolute atomic E-state index is 0.0954. The van der Waals surface area contributed by atoms with Crippen LogP contribution < -0.4 is 14.8 Å². The van der Waals surface area contributed by atoms with Crippen LogP contribution in [0, 0.1) is 18.3 Å². The second kappa shape index (κ2) is 11.6. The molecule has 2 aromatic rings. The second-order valence-corrected chi connectivity index (χ2v) is 6.75. The fourth-order valence-electron chi connectivity index (χ4n) is 2.58. The van der Waals surface area contributed by atoms with Crippen molar-refractivity contribution < 1.29 is 23.8 Å². The van der Waals surface area contributed by atoms with Gasteiger partial charge >= 0.3 is 5.97 Å². The molecular weight excluding hydrogens is 420 g/mol. The molecule has 7 nitrogen and oxygen atoms in total. The lowest BCUT2D eigenvalue weighted by Crippen LogP contribution is -2.15. The van der Waals surface area contributed by atoms with Crippen LogP contribution in [0.15, 0.2) is 42.0 Å². The van der Waals surface area contributed by atoms with Crippen LogP contribution in [0.3, 0.4) is 0 Å². The van der Waals surface area contributed by atoms with E-state index in [4.69, 9.17) is 25.8 Å². The van der Waals surface area contributed by atoms with E-state index in [9.17, 15) is 14.9 Å². The average molecular weight is 443 g/mol. The van der Waals surface area contributed by atoms with E-state index < -0.39 is 11.9 Å². The molecule has 0 fully saturated rings. The van der Waals surface area contributed by atoms with E-state index >= 15 is 0 Å². The van der Waals surface area contributed by atoms with Crippen LogP contribution in [0.25, 0.3) is 6.08 Å². The fraction of sp³-hybridized carbons (Fsp3) is 0.261. The molecule has 0 spiro atoms. The van der Waals surface area contributed by atoms with Crippen LogP contribution in [-0.4, -0.2) is 31.7 Å². The summed E-state index contributed by atoms with van der Waals surface area (Å²) in [6, 6.07) is 11.9. The van der Waals surface area contributed by atoms with Crippen molar-refractivity contribution in [3.05, 3.63) is 58.1 Å². The number of anilines is 1. The number of carbonyl (C=O) groups is 2. The largest absolute Gasteiger partial charge is 0.490 e. The zero-order valence-corrected chi connectivity index (χ0v) is 18.3. The number of benzene rings is 2. The van der Waals surface area contributed by atoms with Gasteiger partial charge in [-0.15, -0.1) is 0 Å². The highest BCUT2D eigenvalue weighted by Crippen LogP contribution is 2.29. The molecule has 0 radical (unpaired) electrons. The van der Waals surface area contributed by atoms with Crippen molar-refractivity contribution in [2.24, 2.45) is 0 Å². The molecule has 0 saturated heterocycles. The van der Waals surface area contributed by atoms with Gasteiger partial charge in [0.25, 0.3) is 5.91 Å². The summed E-state index contributed by atoms with van der Waals surface area (Å²) < 4.78 is 15.9. The second-order valence-electron chi connectivity index (χ2n) is 6.32. The summed E-state index contributed by atoms with van der Waals surface area (Å²) in [5.41, 5.74) is 1.80. The molecule has 0 atom stereocenters. The minimum atomic E-state index is -0.562. The number of esters is 1. The number of hydrogen-bond acceptors (Lipinski definition) is 6. The zero-order valence-electron chi connectivity index (χ0n) is 17.5. The van der Waals surface area contributed by atoms with Gasteiger partial charge in [-0.05, 0) is 62.2 Å². The van der Waals surface area contributed by atoms with Gasteiger partial charge in [-0.1, -0.05) is 23.7 Å². The molecule has 0 bridgehead atoms. The summed E-state index contributed by atoms with van der Waals surface area (Å²) in [7, 11) is 0. The van der Waals surface area contributed by atoms with E-state index in [1.165, 1.54) is 6.08 Å². The van der Waals surface area contributed by atoms with Crippen molar-refractivity contribution in [1.82, 2.24) is 0 Å². The maximum atomic E-state index is 12.6. The fourth-order valence-corrected chi connectivity index (χ4v) is 2.75. The van der Waals surface area contributed by atoms with Gasteiger partial charge in [0.2, 0.25) is 0 Å². The lowest BCUT2D eigenvalue weighted by molar-refractivity contribution is -0.145. The van der Waals surface area contributed by atoms with Crippen molar-refractivity contribution in [3.63, 3.8) is 0 Å². The smallest absolute Gasteiger partial charge is 0.344 e. The maximum absolute atomic E-state index is 12.6. The van der Waals surface area contributed by atoms with Gasteiger partial charge in [-0.2, -0.15) is 5.26 Å². The van der Waals surface area contributed by atoms with Gasteiger partial charge in [0.15, 0.2) is 18.1 Å². The van der Waals surface area contributed by atoms with E-state index in [0.717, 1.165) is 5.56 Å². The van der Waals surface area contributed by atoms with Crippen LogP contribution >= 0.6 is 11.6 Å². The Balaban J connectivity index is 2.23. The highest BCUT2D eigenvalue weighted by molar-refractivity contribution is 6.31. The summed E-state index contributed by atoms with van der Waals surface area (Å²) in [6.45, 7) is 5.71. The predicted molar refractivity (Wildman–Crippen MR) is 118 cm³/mol. The summed E-state index contributed by atoms with van der Waals surface area (Å²) in [5.74, 6) is -0.323. The number of ether oxygens (including phenoxy) is 3. The number of nitrogens with zero attached hydrogens (tertiary/aromatic N) is 1. The third-order valence-corrected chi connectivity index (χ3v) is 4.28. The molecule has 0 aliphatic rings. The zero-order chi connectivity index (χ0) is 22.8. The molecule has 31 heavy (non-hydrogen) atoms. The van der Waals surface area contributed by atoms with Crippen LogP contribution in [0.5, 0.6) is 11.5 Å². The molecule has 1 amide bonds. The van der Waals surface area contributed by atoms with Crippen molar-refractivity contribution in [2.45, 2.75) is 20.8 Å². The Morgan fingerprint density at radius 1 is 1.10 bits per heavy atom. The summed E-state index contributed by atoms with van der Waals surface area (Å²) in [4.78, 5) is 24.1. The first-order valence-electron chi connectivity index (χ1n) is 9.62. The monoisotopic (exact) mass is 442 g/mol. The molecule has 0 heterocycles. The molecular formula is C23H23ClN2O5. The van der Waals surface area contributed by atoms with Crippen LogP contribution in [0.2, 0.25) is 5.02 Å². The summed E-state index contributed by atoms with van der Waals surface area (Å²) >= 11 is 5.98. The lowest BCUT2D eigenvalue weighted by atomic mass is 10.1. The van der Waals surface area contributed by atoms with E-state index in [1.54, 1.807) is 50.2 Å². The lowest BCUT2D eigenvalue weighted by Gasteiger charge is -2.12. The highest BCUT2D eigenvalue weighted by Gasteiger charge is 2.13. The van der Waals surface area contributed by atoms with E-state index in [0.29, 0.717) is 34.4 Å². The highest BCUT2D eigenvalue weighted by atomic mass is 35.5. The molecule has 0 saturated carbocycles. The minimum Gasteiger partial charge on any atom is -0.490 e. The van der Waals surface area contributed by atoms with E-state index in [2.05, 4.69) is 5.32 Å². The quantitative estimate of drug-likeness (QED) is 0.348. The number of nitrogens with one attached hydrogen (secondary N) is 1. The van der Waals surface area contributed by atoms with Gasteiger partial charge in [0, 0.05) is 10.7 Å². The molecule has 8 heteroatoms. The molecule has 2 rings (SSSR count). The Labute approximate surface area is 186 Å². The first-order valence-corrected chi connectivity index (χ1v) is 10.00. The summed E-state index contributed by atoms with van der Waals surface area (Å²) in [5, 5.41) is 12.6. The van der Waals surface area contributed by atoms with Crippen LogP contribution in [0.4, 0.5) is 5.69 Å². The van der Waals surface area contributed by atoms with E-state index in [1.807, 2.05) is 13.0 Å². The number of nitriles is 1. The average Bonchev–Trinajstić information content (AvgIpc) is 2.74. The first kappa shape index (κ1) is 23.8. The Hall–Kier alpha value is -3.50. The number of hydrogen-bond donors (Lipinski definition) is 1. The van der Waals surface area contributed by atoms with E-state index in [-0.39, 0.29) is 18.8 Å². The number of halogens is 1. The summed E-state index contributed by atoms with van der Waals surface area (Å²) in [6.07, 6.45) is 1.44. The molecule has 0 aromatic heterocycles.